The van der Waals surface area contributed by atoms with Crippen molar-refractivity contribution in [1.82, 2.24) is 20.3 Å². The number of ether oxygens (including phenoxy) is 2. The molecule has 39 heavy (non-hydrogen) atoms. The second-order valence-corrected chi connectivity index (χ2v) is 10.4. The number of methoxy groups -OCH3 is 1. The Morgan fingerprint density at radius 2 is 1.85 bits per heavy atom. The highest BCUT2D eigenvalue weighted by Gasteiger charge is 2.16. The van der Waals surface area contributed by atoms with Crippen molar-refractivity contribution < 1.29 is 19.1 Å². The van der Waals surface area contributed by atoms with E-state index in [1.54, 1.807) is 49.6 Å². The number of benzene rings is 1. The van der Waals surface area contributed by atoms with Crippen LogP contribution < -0.4 is 26.4 Å². The molecular formula is C28H34ClN5O5. The zero-order valence-electron chi connectivity index (χ0n) is 22.8. The van der Waals surface area contributed by atoms with Crippen molar-refractivity contribution in [3.8, 4) is 5.88 Å². The Morgan fingerprint density at radius 3 is 2.56 bits per heavy atom. The zero-order valence-corrected chi connectivity index (χ0v) is 23.5. The van der Waals surface area contributed by atoms with Gasteiger partial charge in [0.2, 0.25) is 11.8 Å². The third kappa shape index (κ3) is 8.75. The van der Waals surface area contributed by atoms with Crippen LogP contribution in [-0.4, -0.2) is 34.3 Å². The molecule has 2 heterocycles. The quantitative estimate of drug-likeness (QED) is 0.347. The Hall–Kier alpha value is -4.05. The molecule has 0 atom stereocenters. The average Bonchev–Trinajstić information content (AvgIpc) is 2.88. The highest BCUT2D eigenvalue weighted by Crippen LogP contribution is 2.18. The van der Waals surface area contributed by atoms with Gasteiger partial charge in [0, 0.05) is 40.6 Å². The number of hydrogen-bond donors (Lipinski definition) is 3. The Bertz CT molecular complexity index is 1380. The Balaban J connectivity index is 1.65. The SMILES string of the molecule is COc1ncccc1CNn1ccc(C)c(CC(=O)NCc2cc(Cl)ccc2COC(=O)NC(C)(C)C)c1=O. The van der Waals surface area contributed by atoms with E-state index >= 15 is 0 Å². The van der Waals surface area contributed by atoms with Gasteiger partial charge in [0.25, 0.3) is 5.56 Å². The summed E-state index contributed by atoms with van der Waals surface area (Å²) < 4.78 is 11.9. The van der Waals surface area contributed by atoms with Crippen molar-refractivity contribution in [2.45, 2.75) is 59.4 Å². The molecular weight excluding hydrogens is 522 g/mol. The molecule has 0 radical (unpaired) electrons. The molecule has 208 valence electrons. The van der Waals surface area contributed by atoms with Crippen molar-refractivity contribution in [3.63, 3.8) is 0 Å². The molecule has 0 aliphatic heterocycles. The first-order valence-corrected chi connectivity index (χ1v) is 12.8. The molecule has 0 fully saturated rings. The number of nitrogens with one attached hydrogen (secondary N) is 3. The Kier molecular flexibility index (Phi) is 9.95. The van der Waals surface area contributed by atoms with E-state index in [9.17, 15) is 14.4 Å². The molecule has 0 saturated carbocycles. The fourth-order valence-corrected chi connectivity index (χ4v) is 3.92. The minimum absolute atomic E-state index is 0.0141. The average molecular weight is 556 g/mol. The first kappa shape index (κ1) is 29.5. The highest BCUT2D eigenvalue weighted by molar-refractivity contribution is 6.30. The molecule has 0 unspecified atom stereocenters. The number of amides is 2. The Labute approximate surface area is 232 Å². The van der Waals surface area contributed by atoms with Gasteiger partial charge < -0.3 is 25.5 Å². The monoisotopic (exact) mass is 555 g/mol. The van der Waals surface area contributed by atoms with Gasteiger partial charge in [0.1, 0.15) is 6.61 Å². The molecule has 0 saturated heterocycles. The predicted octanol–water partition coefficient (Wildman–Crippen LogP) is 3.84. The topological polar surface area (TPSA) is 124 Å². The minimum atomic E-state index is -0.543. The summed E-state index contributed by atoms with van der Waals surface area (Å²) in [6, 6.07) is 10.5. The van der Waals surface area contributed by atoms with Crippen LogP contribution in [0.4, 0.5) is 4.79 Å². The molecule has 0 aliphatic rings. The van der Waals surface area contributed by atoms with Crippen LogP contribution in [0.3, 0.4) is 0 Å². The van der Waals surface area contributed by atoms with Gasteiger partial charge in [-0.25, -0.2) is 14.5 Å². The number of hydrogen-bond acceptors (Lipinski definition) is 7. The van der Waals surface area contributed by atoms with Crippen molar-refractivity contribution in [2.24, 2.45) is 0 Å². The van der Waals surface area contributed by atoms with Crippen LogP contribution in [0.1, 0.15) is 48.6 Å². The zero-order chi connectivity index (χ0) is 28.6. The van der Waals surface area contributed by atoms with Gasteiger partial charge in [-0.05, 0) is 68.7 Å². The number of carbonyl (C=O) groups is 2. The van der Waals surface area contributed by atoms with E-state index in [-0.39, 0.29) is 31.0 Å². The van der Waals surface area contributed by atoms with Crippen molar-refractivity contribution in [1.29, 1.82) is 0 Å². The van der Waals surface area contributed by atoms with E-state index in [4.69, 9.17) is 21.1 Å². The molecule has 0 spiro atoms. The van der Waals surface area contributed by atoms with Gasteiger partial charge in [-0.15, -0.1) is 0 Å². The first-order chi connectivity index (χ1) is 18.5. The number of pyridine rings is 2. The molecule has 3 N–H and O–H groups in total. The summed E-state index contributed by atoms with van der Waals surface area (Å²) in [4.78, 5) is 42.2. The molecule has 10 nitrogen and oxygen atoms in total. The largest absolute Gasteiger partial charge is 0.481 e. The summed E-state index contributed by atoms with van der Waals surface area (Å²) in [5, 5.41) is 6.06. The molecule has 2 aromatic heterocycles. The van der Waals surface area contributed by atoms with Crippen molar-refractivity contribution in [3.05, 3.63) is 92.0 Å². The lowest BCUT2D eigenvalue weighted by atomic mass is 10.1. The second kappa shape index (κ2) is 13.1. The highest BCUT2D eigenvalue weighted by atomic mass is 35.5. The van der Waals surface area contributed by atoms with Gasteiger partial charge in [-0.1, -0.05) is 23.7 Å². The molecule has 0 bridgehead atoms. The van der Waals surface area contributed by atoms with E-state index in [0.29, 0.717) is 39.7 Å². The van der Waals surface area contributed by atoms with Crippen LogP contribution in [0.5, 0.6) is 5.88 Å². The van der Waals surface area contributed by atoms with Crippen LogP contribution in [0.2, 0.25) is 5.02 Å². The summed E-state index contributed by atoms with van der Waals surface area (Å²) in [6.07, 6.45) is 2.60. The number of halogens is 1. The second-order valence-electron chi connectivity index (χ2n) is 9.98. The summed E-state index contributed by atoms with van der Waals surface area (Å²) in [5.74, 6) is 0.129. The Morgan fingerprint density at radius 1 is 1.08 bits per heavy atom. The fourth-order valence-electron chi connectivity index (χ4n) is 3.72. The van der Waals surface area contributed by atoms with Crippen LogP contribution in [0, 0.1) is 6.92 Å². The normalized spacial score (nSPS) is 11.0. The van der Waals surface area contributed by atoms with Gasteiger partial charge in [-0.2, -0.15) is 0 Å². The van der Waals surface area contributed by atoms with Gasteiger partial charge >= 0.3 is 6.09 Å². The molecule has 3 rings (SSSR count). The number of aryl methyl sites for hydroxylation is 1. The number of carbonyl (C=O) groups excluding carboxylic acids is 2. The fraction of sp³-hybridized carbons (Fsp3) is 0.357. The number of aromatic nitrogens is 2. The van der Waals surface area contributed by atoms with Gasteiger partial charge in [0.15, 0.2) is 0 Å². The van der Waals surface area contributed by atoms with Crippen molar-refractivity contribution >= 4 is 23.6 Å². The lowest BCUT2D eigenvalue weighted by Gasteiger charge is -2.20. The van der Waals surface area contributed by atoms with E-state index in [1.165, 1.54) is 11.8 Å². The number of rotatable bonds is 10. The van der Waals surface area contributed by atoms with Crippen LogP contribution in [-0.2, 0) is 35.6 Å². The maximum atomic E-state index is 13.1. The lowest BCUT2D eigenvalue weighted by Crippen LogP contribution is -2.40. The first-order valence-electron chi connectivity index (χ1n) is 12.4. The van der Waals surface area contributed by atoms with E-state index in [2.05, 4.69) is 21.0 Å². The van der Waals surface area contributed by atoms with Crippen LogP contribution in [0.25, 0.3) is 0 Å². The standard InChI is InChI=1S/C28H34ClN5O5/c1-18-10-12-34(32-16-19-7-6-11-30-25(19)38-5)26(36)23(18)14-24(35)31-15-21-13-22(29)9-8-20(21)17-39-27(37)33-28(2,3)4/h6-13,32H,14-17H2,1-5H3,(H,31,35)(H,33,37). The summed E-state index contributed by atoms with van der Waals surface area (Å²) >= 11 is 6.17. The lowest BCUT2D eigenvalue weighted by molar-refractivity contribution is -0.120. The third-order valence-electron chi connectivity index (χ3n) is 5.73. The molecule has 2 amide bonds. The molecule has 3 aromatic rings. The van der Waals surface area contributed by atoms with E-state index in [1.807, 2.05) is 26.8 Å². The van der Waals surface area contributed by atoms with E-state index in [0.717, 1.165) is 5.56 Å². The summed E-state index contributed by atoms with van der Waals surface area (Å²) in [6.45, 7) is 7.82. The van der Waals surface area contributed by atoms with Crippen LogP contribution >= 0.6 is 11.6 Å². The molecule has 1 aromatic carbocycles. The predicted molar refractivity (Wildman–Crippen MR) is 149 cm³/mol. The molecule has 11 heteroatoms. The van der Waals surface area contributed by atoms with Gasteiger partial charge in [-0.3, -0.25) is 9.59 Å². The van der Waals surface area contributed by atoms with E-state index < -0.39 is 11.6 Å². The molecule has 0 aliphatic carbocycles. The van der Waals surface area contributed by atoms with Crippen molar-refractivity contribution in [2.75, 3.05) is 12.5 Å². The van der Waals surface area contributed by atoms with Crippen LogP contribution in [0.15, 0.2) is 53.6 Å². The maximum Gasteiger partial charge on any atom is 0.407 e. The smallest absolute Gasteiger partial charge is 0.407 e. The van der Waals surface area contributed by atoms with Gasteiger partial charge in [0.05, 0.1) is 20.1 Å². The maximum absolute atomic E-state index is 13.1. The number of alkyl carbamates (subject to hydrolysis) is 1. The minimum Gasteiger partial charge on any atom is -0.481 e. The summed E-state index contributed by atoms with van der Waals surface area (Å²) in [5.41, 5.74) is 5.55. The summed E-state index contributed by atoms with van der Waals surface area (Å²) in [7, 11) is 1.53. The third-order valence-corrected chi connectivity index (χ3v) is 5.96. The number of nitrogens with zero attached hydrogens (tertiary/aromatic N) is 2.